The first-order chi connectivity index (χ1) is 9.99. The average Bonchev–Trinajstić information content (AvgIpc) is 2.94. The summed E-state index contributed by atoms with van der Waals surface area (Å²) in [6.45, 7) is 3.31. The van der Waals surface area contributed by atoms with Crippen molar-refractivity contribution in [2.24, 2.45) is 5.92 Å². The summed E-state index contributed by atoms with van der Waals surface area (Å²) < 4.78 is 0. The number of hydrogen-bond donors (Lipinski definition) is 2. The van der Waals surface area contributed by atoms with E-state index in [9.17, 15) is 9.59 Å². The maximum atomic E-state index is 12.5. The van der Waals surface area contributed by atoms with Crippen molar-refractivity contribution in [2.75, 3.05) is 5.32 Å². The zero-order chi connectivity index (χ0) is 15.4. The van der Waals surface area contributed by atoms with E-state index in [0.717, 1.165) is 31.2 Å². The number of hydrogen-bond acceptors (Lipinski definition) is 2. The van der Waals surface area contributed by atoms with Crippen LogP contribution in [0, 0.1) is 12.8 Å². The molecule has 5 heteroatoms. The van der Waals surface area contributed by atoms with Crippen LogP contribution in [-0.2, 0) is 9.59 Å². The molecule has 1 unspecified atom stereocenters. The molecule has 1 fully saturated rings. The molecule has 0 saturated heterocycles. The van der Waals surface area contributed by atoms with Gasteiger partial charge < -0.3 is 10.6 Å². The third-order valence-electron chi connectivity index (χ3n) is 4.04. The van der Waals surface area contributed by atoms with E-state index in [2.05, 4.69) is 10.6 Å². The van der Waals surface area contributed by atoms with Gasteiger partial charge >= 0.3 is 0 Å². The van der Waals surface area contributed by atoms with Crippen LogP contribution in [0.5, 0.6) is 0 Å². The van der Waals surface area contributed by atoms with Gasteiger partial charge in [0.05, 0.1) is 0 Å². The van der Waals surface area contributed by atoms with Crippen molar-refractivity contribution in [3.05, 3.63) is 28.8 Å². The number of nitrogens with one attached hydrogen (secondary N) is 2. The molecule has 2 rings (SSSR count). The maximum absolute atomic E-state index is 12.5. The van der Waals surface area contributed by atoms with E-state index < -0.39 is 6.04 Å². The molecule has 2 amide bonds. The highest BCUT2D eigenvalue weighted by atomic mass is 35.5. The lowest BCUT2D eigenvalue weighted by molar-refractivity contribution is -0.126. The average molecular weight is 309 g/mol. The quantitative estimate of drug-likeness (QED) is 0.896. The van der Waals surface area contributed by atoms with Crippen molar-refractivity contribution in [2.45, 2.75) is 45.6 Å². The molecule has 2 N–H and O–H groups in total. The number of amides is 2. The molecule has 1 aromatic rings. The summed E-state index contributed by atoms with van der Waals surface area (Å²) in [6, 6.07) is 4.94. The van der Waals surface area contributed by atoms with Crippen LogP contribution in [0.15, 0.2) is 18.2 Å². The van der Waals surface area contributed by atoms with Crippen LogP contribution < -0.4 is 10.6 Å². The number of benzene rings is 1. The Morgan fingerprint density at radius 3 is 2.57 bits per heavy atom. The summed E-state index contributed by atoms with van der Waals surface area (Å²) in [5.41, 5.74) is 1.53. The number of carbonyl (C=O) groups is 2. The van der Waals surface area contributed by atoms with Gasteiger partial charge in [0.2, 0.25) is 11.8 Å². The van der Waals surface area contributed by atoms with Crippen LogP contribution in [0.2, 0.25) is 5.02 Å². The number of anilines is 1. The Balaban J connectivity index is 2.14. The lowest BCUT2D eigenvalue weighted by Gasteiger charge is -2.23. The molecule has 0 aliphatic heterocycles. The van der Waals surface area contributed by atoms with Crippen LogP contribution in [0.1, 0.15) is 38.2 Å². The van der Waals surface area contributed by atoms with Crippen molar-refractivity contribution in [1.29, 1.82) is 0 Å². The van der Waals surface area contributed by atoms with Crippen molar-refractivity contribution in [3.63, 3.8) is 0 Å². The van der Waals surface area contributed by atoms with Crippen LogP contribution in [0.4, 0.5) is 5.69 Å². The molecule has 1 aliphatic rings. The molecule has 4 nitrogen and oxygen atoms in total. The smallest absolute Gasteiger partial charge is 0.247 e. The van der Waals surface area contributed by atoms with Crippen LogP contribution in [0.25, 0.3) is 0 Å². The minimum Gasteiger partial charge on any atom is -0.344 e. The van der Waals surface area contributed by atoms with Crippen LogP contribution in [0.3, 0.4) is 0 Å². The van der Waals surface area contributed by atoms with Crippen molar-refractivity contribution in [3.8, 4) is 0 Å². The fraction of sp³-hybridized carbons (Fsp3) is 0.500. The molecule has 1 saturated carbocycles. The van der Waals surface area contributed by atoms with Gasteiger partial charge in [0.25, 0.3) is 0 Å². The molecule has 0 spiro atoms. The molecule has 0 bridgehead atoms. The molecule has 0 aromatic heterocycles. The van der Waals surface area contributed by atoms with Gasteiger partial charge in [0, 0.05) is 17.6 Å². The van der Waals surface area contributed by atoms with Gasteiger partial charge in [-0.25, -0.2) is 0 Å². The van der Waals surface area contributed by atoms with Crippen molar-refractivity contribution in [1.82, 2.24) is 5.32 Å². The van der Waals surface area contributed by atoms with E-state index in [-0.39, 0.29) is 17.7 Å². The highest BCUT2D eigenvalue weighted by molar-refractivity contribution is 6.31. The van der Waals surface area contributed by atoms with Gasteiger partial charge in [-0.2, -0.15) is 0 Å². The SMILES string of the molecule is CC(=O)NC(C(=O)Nc1cccc(Cl)c1C)C1CCCC1. The summed E-state index contributed by atoms with van der Waals surface area (Å²) in [4.78, 5) is 23.9. The second kappa shape index (κ2) is 6.94. The fourth-order valence-corrected chi connectivity index (χ4v) is 3.04. The summed E-state index contributed by atoms with van der Waals surface area (Å²) in [5, 5.41) is 6.30. The first kappa shape index (κ1) is 15.8. The van der Waals surface area contributed by atoms with Gasteiger partial charge in [0.1, 0.15) is 6.04 Å². The first-order valence-corrected chi connectivity index (χ1v) is 7.70. The second-order valence-corrected chi connectivity index (χ2v) is 6.03. The minimum atomic E-state index is -0.469. The molecular weight excluding hydrogens is 288 g/mol. The Morgan fingerprint density at radius 2 is 1.95 bits per heavy atom. The third kappa shape index (κ3) is 3.97. The number of carbonyl (C=O) groups excluding carboxylic acids is 2. The summed E-state index contributed by atoms with van der Waals surface area (Å²) in [5.74, 6) is -0.124. The van der Waals surface area contributed by atoms with Gasteiger partial charge in [-0.1, -0.05) is 30.5 Å². The van der Waals surface area contributed by atoms with Gasteiger partial charge in [-0.3, -0.25) is 9.59 Å². The predicted octanol–water partition coefficient (Wildman–Crippen LogP) is 3.28. The summed E-state index contributed by atoms with van der Waals surface area (Å²) in [6.07, 6.45) is 4.19. The zero-order valence-electron chi connectivity index (χ0n) is 12.4. The van der Waals surface area contributed by atoms with Gasteiger partial charge in [-0.05, 0) is 43.4 Å². The number of rotatable bonds is 4. The highest BCUT2D eigenvalue weighted by Gasteiger charge is 2.31. The van der Waals surface area contributed by atoms with Crippen LogP contribution >= 0.6 is 11.6 Å². The predicted molar refractivity (Wildman–Crippen MR) is 84.4 cm³/mol. The lowest BCUT2D eigenvalue weighted by Crippen LogP contribution is -2.47. The van der Waals surface area contributed by atoms with E-state index in [1.165, 1.54) is 6.92 Å². The molecule has 1 aromatic carbocycles. The maximum Gasteiger partial charge on any atom is 0.247 e. The normalized spacial score (nSPS) is 16.5. The molecule has 1 atom stereocenters. The Hall–Kier alpha value is -1.55. The molecule has 1 aliphatic carbocycles. The largest absolute Gasteiger partial charge is 0.344 e. The van der Waals surface area contributed by atoms with E-state index in [1.54, 1.807) is 12.1 Å². The van der Waals surface area contributed by atoms with Crippen LogP contribution in [-0.4, -0.2) is 17.9 Å². The van der Waals surface area contributed by atoms with E-state index in [1.807, 2.05) is 13.0 Å². The number of halogens is 1. The third-order valence-corrected chi connectivity index (χ3v) is 4.45. The Bertz CT molecular complexity index is 539. The van der Waals surface area contributed by atoms with E-state index >= 15 is 0 Å². The Labute approximate surface area is 130 Å². The molecule has 21 heavy (non-hydrogen) atoms. The molecule has 114 valence electrons. The molecule has 0 heterocycles. The van der Waals surface area contributed by atoms with Crippen molar-refractivity contribution >= 4 is 29.1 Å². The fourth-order valence-electron chi connectivity index (χ4n) is 2.86. The first-order valence-electron chi connectivity index (χ1n) is 7.32. The van der Waals surface area contributed by atoms with Gasteiger partial charge in [0.15, 0.2) is 0 Å². The summed E-state index contributed by atoms with van der Waals surface area (Å²) >= 11 is 6.07. The topological polar surface area (TPSA) is 58.2 Å². The standard InChI is InChI=1S/C16H21ClN2O2/c1-10-13(17)8-5-9-14(10)19-16(21)15(18-11(2)20)12-6-3-4-7-12/h5,8-9,12,15H,3-4,6-7H2,1-2H3,(H,18,20)(H,19,21). The van der Waals surface area contributed by atoms with Gasteiger partial charge in [-0.15, -0.1) is 0 Å². The Morgan fingerprint density at radius 1 is 1.29 bits per heavy atom. The van der Waals surface area contributed by atoms with E-state index in [4.69, 9.17) is 11.6 Å². The summed E-state index contributed by atoms with van der Waals surface area (Å²) in [7, 11) is 0. The lowest BCUT2D eigenvalue weighted by atomic mass is 9.97. The second-order valence-electron chi connectivity index (χ2n) is 5.62. The van der Waals surface area contributed by atoms with Crippen molar-refractivity contribution < 1.29 is 9.59 Å². The minimum absolute atomic E-state index is 0.164. The monoisotopic (exact) mass is 308 g/mol. The Kier molecular flexibility index (Phi) is 5.23. The zero-order valence-corrected chi connectivity index (χ0v) is 13.2. The highest BCUT2D eigenvalue weighted by Crippen LogP contribution is 2.29. The van der Waals surface area contributed by atoms with E-state index in [0.29, 0.717) is 10.7 Å². The molecule has 0 radical (unpaired) electrons. The molecular formula is C16H21ClN2O2.